The molecule has 4 aromatic carbocycles. The maximum absolute atomic E-state index is 13.4. The SMILES string of the molecule is CCCCCCCCOc1ccc(-c2ccc(OC(=O)C(C)(CC)C(F)(F)F)cc2)cc1.CCCCCCCCOc1ccc(-c2ccc(OC(=O)C(C)(CCC)C(F)(F)F)cc2)cc1. The molecule has 0 radical (unpaired) electrons. The van der Waals surface area contributed by atoms with Gasteiger partial charge >= 0.3 is 24.3 Å². The molecule has 4 aromatic rings. The van der Waals surface area contributed by atoms with Crippen molar-refractivity contribution in [3.8, 4) is 45.3 Å². The van der Waals surface area contributed by atoms with Crippen molar-refractivity contribution in [1.82, 2.24) is 0 Å². The fourth-order valence-corrected chi connectivity index (χ4v) is 6.82. The highest BCUT2D eigenvalue weighted by Gasteiger charge is 2.58. The summed E-state index contributed by atoms with van der Waals surface area (Å²) in [6.45, 7) is 10.5. The van der Waals surface area contributed by atoms with Gasteiger partial charge < -0.3 is 18.9 Å². The number of hydrogen-bond acceptors (Lipinski definition) is 6. The molecular weight excluding hydrogens is 847 g/mol. The highest BCUT2D eigenvalue weighted by atomic mass is 19.4. The van der Waals surface area contributed by atoms with E-state index in [0.29, 0.717) is 13.2 Å². The Labute approximate surface area is 382 Å². The lowest BCUT2D eigenvalue weighted by molar-refractivity contribution is -0.227. The average Bonchev–Trinajstić information content (AvgIpc) is 3.28. The summed E-state index contributed by atoms with van der Waals surface area (Å²) in [4.78, 5) is 24.4. The Morgan fingerprint density at radius 2 is 0.692 bits per heavy atom. The molecule has 0 heterocycles. The Hall–Kier alpha value is -5.00. The number of ether oxygens (including phenoxy) is 4. The minimum atomic E-state index is -4.67. The standard InChI is InChI=1S/C27H35F3O3.C26H33F3O3/c1-4-6-7-8-9-10-20-32-23-15-11-21(12-16-23)22-13-17-24(18-14-22)33-25(31)26(3,19-5-2)27(28,29)30;1-4-6-7-8-9-10-19-31-22-15-11-20(12-16-22)21-13-17-23(18-14-21)32-24(30)25(3,5-2)26(27,28)29/h11-18H,4-10,19-20H2,1-3H3;11-18H,4-10,19H2,1-3H3. The molecule has 6 nitrogen and oxygen atoms in total. The van der Waals surface area contributed by atoms with E-state index in [9.17, 15) is 35.9 Å². The number of alkyl halides is 6. The lowest BCUT2D eigenvalue weighted by Crippen LogP contribution is -2.44. The molecule has 0 aromatic heterocycles. The normalized spacial score (nSPS) is 13.4. The van der Waals surface area contributed by atoms with Crippen molar-refractivity contribution in [1.29, 1.82) is 0 Å². The summed E-state index contributed by atoms with van der Waals surface area (Å²) < 4.78 is 102. The Kier molecular flexibility index (Phi) is 22.4. The Morgan fingerprint density at radius 1 is 0.400 bits per heavy atom. The third-order valence-corrected chi connectivity index (χ3v) is 11.6. The third kappa shape index (κ3) is 17.1. The van der Waals surface area contributed by atoms with Crippen LogP contribution in [0.1, 0.15) is 138 Å². The number of unbranched alkanes of at least 4 members (excludes halogenated alkanes) is 10. The van der Waals surface area contributed by atoms with E-state index in [1.807, 2.05) is 48.5 Å². The summed E-state index contributed by atoms with van der Waals surface area (Å²) in [5.41, 5.74) is -1.46. The van der Waals surface area contributed by atoms with Gasteiger partial charge in [-0.1, -0.05) is 147 Å². The number of hydrogen-bond donors (Lipinski definition) is 0. The minimum Gasteiger partial charge on any atom is -0.494 e. The van der Waals surface area contributed by atoms with Gasteiger partial charge in [0.2, 0.25) is 0 Å². The third-order valence-electron chi connectivity index (χ3n) is 11.6. The molecule has 0 saturated carbocycles. The summed E-state index contributed by atoms with van der Waals surface area (Å²) in [6.07, 6.45) is 4.73. The quantitative estimate of drug-likeness (QED) is 0.0285. The zero-order valence-corrected chi connectivity index (χ0v) is 39.0. The van der Waals surface area contributed by atoms with Crippen LogP contribution in [0.5, 0.6) is 23.0 Å². The summed E-state index contributed by atoms with van der Waals surface area (Å²) in [5.74, 6) is -0.793. The first kappa shape index (κ1) is 54.3. The van der Waals surface area contributed by atoms with Crippen molar-refractivity contribution in [2.45, 2.75) is 150 Å². The number of rotatable bonds is 25. The molecule has 2 atom stereocenters. The number of esters is 2. The van der Waals surface area contributed by atoms with Crippen LogP contribution in [0.15, 0.2) is 97.1 Å². The van der Waals surface area contributed by atoms with Gasteiger partial charge in [0.25, 0.3) is 0 Å². The minimum absolute atomic E-state index is 0.0848. The molecule has 0 N–H and O–H groups in total. The maximum Gasteiger partial charge on any atom is 0.404 e. The van der Waals surface area contributed by atoms with Crippen LogP contribution in [0.4, 0.5) is 26.3 Å². The van der Waals surface area contributed by atoms with Gasteiger partial charge in [-0.3, -0.25) is 9.59 Å². The van der Waals surface area contributed by atoms with Crippen molar-refractivity contribution in [3.05, 3.63) is 97.1 Å². The predicted molar refractivity (Wildman–Crippen MR) is 246 cm³/mol. The van der Waals surface area contributed by atoms with Gasteiger partial charge in [0.05, 0.1) is 13.2 Å². The molecule has 0 bridgehead atoms. The molecule has 0 spiro atoms. The smallest absolute Gasteiger partial charge is 0.404 e. The van der Waals surface area contributed by atoms with Crippen LogP contribution < -0.4 is 18.9 Å². The first-order valence-electron chi connectivity index (χ1n) is 23.2. The number of carbonyl (C=O) groups excluding carboxylic acids is 2. The van der Waals surface area contributed by atoms with Crippen LogP contribution in [0, 0.1) is 10.8 Å². The summed E-state index contributed by atoms with van der Waals surface area (Å²) in [6, 6.07) is 28.2. The van der Waals surface area contributed by atoms with Gasteiger partial charge in [-0.05, 0) is 110 Å². The van der Waals surface area contributed by atoms with Gasteiger partial charge in [-0.25, -0.2) is 0 Å². The lowest BCUT2D eigenvalue weighted by Gasteiger charge is -2.29. The van der Waals surface area contributed by atoms with Crippen molar-refractivity contribution >= 4 is 11.9 Å². The molecule has 65 heavy (non-hydrogen) atoms. The fraction of sp³-hybridized carbons (Fsp3) is 0.509. The van der Waals surface area contributed by atoms with Crippen molar-refractivity contribution in [3.63, 3.8) is 0 Å². The maximum atomic E-state index is 13.4. The average molecular weight is 915 g/mol. The van der Waals surface area contributed by atoms with Crippen molar-refractivity contribution in [2.75, 3.05) is 13.2 Å². The van der Waals surface area contributed by atoms with Gasteiger partial charge in [-0.2, -0.15) is 26.3 Å². The zero-order chi connectivity index (χ0) is 47.9. The first-order valence-corrected chi connectivity index (χ1v) is 23.2. The van der Waals surface area contributed by atoms with E-state index in [1.165, 1.54) is 95.4 Å². The van der Waals surface area contributed by atoms with Crippen LogP contribution in [0.2, 0.25) is 0 Å². The van der Waals surface area contributed by atoms with Crippen LogP contribution in [0.25, 0.3) is 22.3 Å². The highest BCUT2D eigenvalue weighted by Crippen LogP contribution is 2.44. The second-order valence-corrected chi connectivity index (χ2v) is 16.9. The van der Waals surface area contributed by atoms with Crippen LogP contribution in [-0.4, -0.2) is 37.5 Å². The number of halogens is 6. The fourth-order valence-electron chi connectivity index (χ4n) is 6.82. The van der Waals surface area contributed by atoms with Crippen molar-refractivity contribution < 1.29 is 54.9 Å². The molecule has 12 heteroatoms. The van der Waals surface area contributed by atoms with Gasteiger partial charge in [0, 0.05) is 0 Å². The number of carbonyl (C=O) groups is 2. The monoisotopic (exact) mass is 914 g/mol. The van der Waals surface area contributed by atoms with E-state index in [-0.39, 0.29) is 30.8 Å². The van der Waals surface area contributed by atoms with Crippen LogP contribution in [0.3, 0.4) is 0 Å². The summed E-state index contributed by atoms with van der Waals surface area (Å²) in [5, 5.41) is 0. The molecule has 0 amide bonds. The number of benzene rings is 4. The summed E-state index contributed by atoms with van der Waals surface area (Å²) >= 11 is 0. The molecule has 0 fully saturated rings. The molecule has 0 saturated heterocycles. The first-order chi connectivity index (χ1) is 30.9. The van der Waals surface area contributed by atoms with E-state index in [1.54, 1.807) is 31.2 Å². The molecule has 0 aliphatic heterocycles. The van der Waals surface area contributed by atoms with E-state index in [0.717, 1.165) is 60.4 Å². The molecule has 2 unspecified atom stereocenters. The van der Waals surface area contributed by atoms with Gasteiger partial charge in [-0.15, -0.1) is 0 Å². The molecule has 0 aliphatic carbocycles. The Balaban J connectivity index is 0.000000345. The van der Waals surface area contributed by atoms with E-state index < -0.39 is 35.1 Å². The largest absolute Gasteiger partial charge is 0.494 e. The topological polar surface area (TPSA) is 71.1 Å². The highest BCUT2D eigenvalue weighted by molar-refractivity contribution is 5.80. The second-order valence-electron chi connectivity index (χ2n) is 16.9. The van der Waals surface area contributed by atoms with E-state index in [2.05, 4.69) is 13.8 Å². The van der Waals surface area contributed by atoms with E-state index in [4.69, 9.17) is 18.9 Å². The predicted octanol–water partition coefficient (Wildman–Crippen LogP) is 16.3. The molecule has 0 aliphatic rings. The van der Waals surface area contributed by atoms with Gasteiger partial charge in [0.1, 0.15) is 23.0 Å². The lowest BCUT2D eigenvalue weighted by atomic mass is 9.85. The Morgan fingerprint density at radius 3 is 0.985 bits per heavy atom. The van der Waals surface area contributed by atoms with Crippen molar-refractivity contribution in [2.24, 2.45) is 10.8 Å². The summed E-state index contributed by atoms with van der Waals surface area (Å²) in [7, 11) is 0. The molecule has 4 rings (SSSR count). The molecule has 358 valence electrons. The van der Waals surface area contributed by atoms with Crippen LogP contribution >= 0.6 is 0 Å². The molecular formula is C53H68F6O6. The second kappa shape index (κ2) is 26.8. The van der Waals surface area contributed by atoms with Gasteiger partial charge in [0.15, 0.2) is 10.8 Å². The Bertz CT molecular complexity index is 1960. The zero-order valence-electron chi connectivity index (χ0n) is 39.0. The van der Waals surface area contributed by atoms with Crippen LogP contribution in [-0.2, 0) is 9.59 Å². The van der Waals surface area contributed by atoms with E-state index >= 15 is 0 Å².